The molecule has 0 aromatic heterocycles. The molecule has 2 N–H and O–H groups in total. The van der Waals surface area contributed by atoms with E-state index in [0.717, 1.165) is 0 Å². The molecule has 2 heteroatoms. The van der Waals surface area contributed by atoms with Crippen molar-refractivity contribution in [2.75, 3.05) is 6.61 Å². The van der Waals surface area contributed by atoms with Crippen LogP contribution in [0.4, 0.5) is 0 Å². The van der Waals surface area contributed by atoms with Gasteiger partial charge in [0.2, 0.25) is 0 Å². The van der Waals surface area contributed by atoms with E-state index in [0.29, 0.717) is 0 Å². The monoisotopic (exact) mass is 155 g/mol. The van der Waals surface area contributed by atoms with Crippen molar-refractivity contribution >= 4 is 0 Å². The standard InChI is InChI=1S/C9H17NO/c1-6-9(5,7-11)10-8(2,3)4/h1,10-11H,7H2,2-5H3. The van der Waals surface area contributed by atoms with Gasteiger partial charge in [-0.15, -0.1) is 6.42 Å². The summed E-state index contributed by atoms with van der Waals surface area (Å²) in [6.45, 7) is 7.80. The highest BCUT2D eigenvalue weighted by molar-refractivity contribution is 5.11. The molecule has 0 rings (SSSR count). The lowest BCUT2D eigenvalue weighted by Crippen LogP contribution is -2.53. The summed E-state index contributed by atoms with van der Waals surface area (Å²) in [6.07, 6.45) is 5.25. The quantitative estimate of drug-likeness (QED) is 0.577. The third-order valence-electron chi connectivity index (χ3n) is 1.29. The zero-order chi connectivity index (χ0) is 9.12. The van der Waals surface area contributed by atoms with Gasteiger partial charge in [0.1, 0.15) is 5.54 Å². The first-order valence-electron chi connectivity index (χ1n) is 3.71. The summed E-state index contributed by atoms with van der Waals surface area (Å²) in [5, 5.41) is 12.1. The first kappa shape index (κ1) is 10.5. The van der Waals surface area contributed by atoms with Gasteiger partial charge in [0.05, 0.1) is 6.61 Å². The maximum atomic E-state index is 8.94. The Bertz CT molecular complexity index is 163. The summed E-state index contributed by atoms with van der Waals surface area (Å²) >= 11 is 0. The highest BCUT2D eigenvalue weighted by Gasteiger charge is 2.25. The van der Waals surface area contributed by atoms with Crippen molar-refractivity contribution in [3.63, 3.8) is 0 Å². The molecule has 1 unspecified atom stereocenters. The Hall–Kier alpha value is -0.520. The maximum absolute atomic E-state index is 8.94. The van der Waals surface area contributed by atoms with Crippen LogP contribution in [0.3, 0.4) is 0 Å². The Balaban J connectivity index is 4.23. The van der Waals surface area contributed by atoms with Gasteiger partial charge in [-0.1, -0.05) is 5.92 Å². The van der Waals surface area contributed by atoms with Crippen LogP contribution >= 0.6 is 0 Å². The molecule has 0 aromatic rings. The number of nitrogens with one attached hydrogen (secondary N) is 1. The molecule has 0 fully saturated rings. The molecule has 0 aromatic carbocycles. The van der Waals surface area contributed by atoms with Crippen molar-refractivity contribution in [2.45, 2.75) is 38.8 Å². The van der Waals surface area contributed by atoms with Crippen LogP contribution < -0.4 is 5.32 Å². The van der Waals surface area contributed by atoms with Crippen molar-refractivity contribution < 1.29 is 5.11 Å². The largest absolute Gasteiger partial charge is 0.393 e. The Morgan fingerprint density at radius 3 is 1.91 bits per heavy atom. The van der Waals surface area contributed by atoms with Gasteiger partial charge in [0.25, 0.3) is 0 Å². The van der Waals surface area contributed by atoms with Crippen LogP contribution in [0.25, 0.3) is 0 Å². The summed E-state index contributed by atoms with van der Waals surface area (Å²) in [5.74, 6) is 2.52. The predicted molar refractivity (Wildman–Crippen MR) is 47.2 cm³/mol. The molecule has 64 valence electrons. The number of aliphatic hydroxyl groups is 1. The fourth-order valence-electron chi connectivity index (χ4n) is 0.949. The summed E-state index contributed by atoms with van der Waals surface area (Å²) in [4.78, 5) is 0. The molecular weight excluding hydrogens is 138 g/mol. The van der Waals surface area contributed by atoms with E-state index in [1.165, 1.54) is 0 Å². The minimum absolute atomic E-state index is 0.0409. The molecule has 2 nitrogen and oxygen atoms in total. The molecule has 11 heavy (non-hydrogen) atoms. The molecule has 0 spiro atoms. The molecule has 0 aliphatic rings. The summed E-state index contributed by atoms with van der Waals surface area (Å²) in [5.41, 5.74) is -0.665. The van der Waals surface area contributed by atoms with Crippen LogP contribution in [0.5, 0.6) is 0 Å². The zero-order valence-electron chi connectivity index (χ0n) is 7.73. The van der Waals surface area contributed by atoms with Crippen LogP contribution in [0.1, 0.15) is 27.7 Å². The van der Waals surface area contributed by atoms with Crippen LogP contribution in [0, 0.1) is 12.3 Å². The van der Waals surface area contributed by atoms with E-state index in [2.05, 4.69) is 11.2 Å². The number of hydrogen-bond donors (Lipinski definition) is 2. The van der Waals surface area contributed by atoms with Crippen LogP contribution in [0.2, 0.25) is 0 Å². The zero-order valence-corrected chi connectivity index (χ0v) is 7.73. The Morgan fingerprint density at radius 1 is 1.36 bits per heavy atom. The van der Waals surface area contributed by atoms with Gasteiger partial charge in [-0.3, -0.25) is 5.32 Å². The molecule has 0 saturated heterocycles. The summed E-state index contributed by atoms with van der Waals surface area (Å²) < 4.78 is 0. The van der Waals surface area contributed by atoms with Gasteiger partial charge in [-0.25, -0.2) is 0 Å². The van der Waals surface area contributed by atoms with Crippen molar-refractivity contribution in [3.05, 3.63) is 0 Å². The molecule has 1 atom stereocenters. The number of aliphatic hydroxyl groups excluding tert-OH is 1. The number of hydrogen-bond acceptors (Lipinski definition) is 2. The molecule has 0 amide bonds. The minimum atomic E-state index is -0.599. The fraction of sp³-hybridized carbons (Fsp3) is 0.778. The predicted octanol–water partition coefficient (Wildman–Crippen LogP) is 0.759. The van der Waals surface area contributed by atoms with Gasteiger partial charge in [0, 0.05) is 5.54 Å². The summed E-state index contributed by atoms with van der Waals surface area (Å²) in [7, 11) is 0. The number of rotatable bonds is 2. The van der Waals surface area contributed by atoms with Gasteiger partial charge < -0.3 is 5.11 Å². The molecule has 0 saturated carbocycles. The lowest BCUT2D eigenvalue weighted by Gasteiger charge is -2.32. The van der Waals surface area contributed by atoms with E-state index in [9.17, 15) is 0 Å². The van der Waals surface area contributed by atoms with Crippen LogP contribution in [-0.4, -0.2) is 22.8 Å². The second-order valence-corrected chi connectivity index (χ2v) is 4.01. The molecular formula is C9H17NO. The first-order valence-corrected chi connectivity index (χ1v) is 3.71. The van der Waals surface area contributed by atoms with Crippen molar-refractivity contribution in [1.82, 2.24) is 5.32 Å². The van der Waals surface area contributed by atoms with Gasteiger partial charge >= 0.3 is 0 Å². The van der Waals surface area contributed by atoms with Crippen molar-refractivity contribution in [2.24, 2.45) is 0 Å². The van der Waals surface area contributed by atoms with Crippen molar-refractivity contribution in [3.8, 4) is 12.3 Å². The van der Waals surface area contributed by atoms with E-state index in [1.54, 1.807) is 6.92 Å². The average molecular weight is 155 g/mol. The van der Waals surface area contributed by atoms with E-state index >= 15 is 0 Å². The summed E-state index contributed by atoms with van der Waals surface area (Å²) in [6, 6.07) is 0. The topological polar surface area (TPSA) is 32.3 Å². The van der Waals surface area contributed by atoms with Crippen LogP contribution in [0.15, 0.2) is 0 Å². The second-order valence-electron chi connectivity index (χ2n) is 4.01. The van der Waals surface area contributed by atoms with Crippen LogP contribution in [-0.2, 0) is 0 Å². The van der Waals surface area contributed by atoms with Gasteiger partial charge in [-0.05, 0) is 27.7 Å². The maximum Gasteiger partial charge on any atom is 0.101 e. The highest BCUT2D eigenvalue weighted by atomic mass is 16.3. The molecule has 0 radical (unpaired) electrons. The number of terminal acetylenes is 1. The third-order valence-corrected chi connectivity index (χ3v) is 1.29. The van der Waals surface area contributed by atoms with Gasteiger partial charge in [0.15, 0.2) is 0 Å². The van der Waals surface area contributed by atoms with E-state index in [4.69, 9.17) is 11.5 Å². The minimum Gasteiger partial charge on any atom is -0.393 e. The van der Waals surface area contributed by atoms with E-state index in [-0.39, 0.29) is 12.1 Å². The molecule has 0 aliphatic heterocycles. The molecule has 0 heterocycles. The third kappa shape index (κ3) is 4.02. The highest BCUT2D eigenvalue weighted by Crippen LogP contribution is 2.08. The SMILES string of the molecule is C#CC(C)(CO)NC(C)(C)C. The lowest BCUT2D eigenvalue weighted by molar-refractivity contribution is 0.186. The average Bonchev–Trinajstić information content (AvgIpc) is 1.84. The Morgan fingerprint density at radius 2 is 1.82 bits per heavy atom. The molecule has 0 bridgehead atoms. The normalized spacial score (nSPS) is 17.1. The molecule has 0 aliphatic carbocycles. The van der Waals surface area contributed by atoms with Gasteiger partial charge in [-0.2, -0.15) is 0 Å². The fourth-order valence-corrected chi connectivity index (χ4v) is 0.949. The smallest absolute Gasteiger partial charge is 0.101 e. The lowest BCUT2D eigenvalue weighted by atomic mass is 9.99. The second kappa shape index (κ2) is 3.25. The first-order chi connectivity index (χ1) is 4.83. The van der Waals surface area contributed by atoms with E-state index < -0.39 is 5.54 Å². The van der Waals surface area contributed by atoms with Crippen molar-refractivity contribution in [1.29, 1.82) is 0 Å². The Labute approximate surface area is 69.0 Å². The van der Waals surface area contributed by atoms with E-state index in [1.807, 2.05) is 20.8 Å². The Kier molecular flexibility index (Phi) is 3.10.